The third-order valence-corrected chi connectivity index (χ3v) is 7.98. The van der Waals surface area contributed by atoms with Gasteiger partial charge in [-0.1, -0.05) is 0 Å². The Hall–Kier alpha value is 3.23. The summed E-state index contributed by atoms with van der Waals surface area (Å²) < 4.78 is 1.25. The van der Waals surface area contributed by atoms with Crippen molar-refractivity contribution in [3.8, 4) is 0 Å². The van der Waals surface area contributed by atoms with E-state index in [9.17, 15) is 0 Å². The van der Waals surface area contributed by atoms with Crippen molar-refractivity contribution in [1.29, 1.82) is 0 Å². The zero-order valence-corrected chi connectivity index (χ0v) is 22.4. The summed E-state index contributed by atoms with van der Waals surface area (Å²) in [7, 11) is 0. The van der Waals surface area contributed by atoms with Crippen LogP contribution in [0.15, 0.2) is 0 Å². The molecule has 1 rings (SSSR count). The molecule has 2 atom stereocenters. The van der Waals surface area contributed by atoms with Crippen LogP contribution in [0.2, 0.25) is -5.97 Å². The van der Waals surface area contributed by atoms with Crippen LogP contribution in [0.1, 0.15) is 33.6 Å². The summed E-state index contributed by atoms with van der Waals surface area (Å²) in [6.45, 7) is 8.50. The normalized spacial score (nSPS) is 29.2. The molecule has 0 bridgehead atoms. The van der Waals surface area contributed by atoms with Gasteiger partial charge in [0.15, 0.2) is 0 Å². The van der Waals surface area contributed by atoms with E-state index in [1.54, 1.807) is 0 Å². The van der Waals surface area contributed by atoms with Gasteiger partial charge in [-0.25, -0.2) is 0 Å². The Morgan fingerprint density at radius 1 is 1.50 bits per heavy atom. The van der Waals surface area contributed by atoms with E-state index in [1.807, 2.05) is 0 Å². The van der Waals surface area contributed by atoms with E-state index in [0.29, 0.717) is 5.54 Å². The molecule has 3 heteroatoms. The third kappa shape index (κ3) is 3.67. The van der Waals surface area contributed by atoms with Gasteiger partial charge in [0.2, 0.25) is 0 Å². The third-order valence-electron chi connectivity index (χ3n) is 2.93. The van der Waals surface area contributed by atoms with E-state index >= 15 is 0 Å². The van der Waals surface area contributed by atoms with Crippen LogP contribution in [-0.4, -0.2) is 78.6 Å². The topological polar surface area (TPSA) is 3.24 Å². The predicted molar refractivity (Wildman–Crippen MR) is 50.4 cm³/mol. The molecule has 0 aromatic carbocycles. The van der Waals surface area contributed by atoms with Gasteiger partial charge in [0.1, 0.15) is 0 Å². The molecule has 0 aromatic rings. The fraction of sp³-hybridized carbons (Fsp3) is 1.00. The molecule has 0 saturated carbocycles. The Balaban J connectivity index is 2.64. The second-order valence-corrected chi connectivity index (χ2v) is 40.6. The van der Waals surface area contributed by atoms with E-state index in [1.165, 1.54) is 13.4 Å². The molecule has 62 valence electrons. The maximum absolute atomic E-state index is 2.77. The molecule has 0 spiro atoms. The standard InChI is InChI=1S/C9H17N.Ra.Rb.H/c1-8-6-5-7-10(8)9(2,3)4;;;/h1,8H,5-7H2,2-4H3;;;. The first-order valence-electron chi connectivity index (χ1n) is 5.19. The van der Waals surface area contributed by atoms with Crippen molar-refractivity contribution < 1.29 is 42.8 Å². The Morgan fingerprint density at radius 2 is 2.08 bits per heavy atom. The molecule has 2 unspecified atom stereocenters. The maximum atomic E-state index is 2.77. The monoisotopic (exact) mass is 451 g/mol. The molecule has 1 fully saturated rings. The van der Waals surface area contributed by atoms with Crippen molar-refractivity contribution in [1.82, 2.24) is 4.90 Å². The average molecular weight is 452 g/mol. The SMILES string of the molecule is CC(C)(C)N1CCCC1[CH]([Rb])[RaH]. The van der Waals surface area contributed by atoms with Gasteiger partial charge in [-0.2, -0.15) is 0 Å². The van der Waals surface area contributed by atoms with Crippen LogP contribution < -0.4 is 0 Å². The number of likely N-dealkylation sites (tertiary alicyclic amines) is 1. The zero-order chi connectivity index (χ0) is 9.35. The summed E-state index contributed by atoms with van der Waals surface area (Å²) in [4.78, 5) is 2.77. The first-order chi connectivity index (χ1) is 5.43. The Kier molecular flexibility index (Phi) is 6.13. The van der Waals surface area contributed by atoms with Gasteiger partial charge in [-0.3, -0.25) is 0 Å². The fourth-order valence-electron chi connectivity index (χ4n) is 2.32. The van der Waals surface area contributed by atoms with Crippen molar-refractivity contribution in [2.24, 2.45) is 0 Å². The second-order valence-electron chi connectivity index (χ2n) is 5.32. The Labute approximate surface area is 145 Å². The van der Waals surface area contributed by atoms with Gasteiger partial charge in [-0.05, 0) is 0 Å². The molecule has 0 aromatic heterocycles. The molecular formula is C9H18NRaRb. The van der Waals surface area contributed by atoms with Crippen LogP contribution in [0, 0.1) is 42.8 Å². The van der Waals surface area contributed by atoms with Crippen molar-refractivity contribution in [2.75, 3.05) is 6.54 Å². The molecule has 1 saturated heterocycles. The summed E-state index contributed by atoms with van der Waals surface area (Å²) in [6, 6.07) is 1.02. The van der Waals surface area contributed by atoms with Crippen molar-refractivity contribution in [3.63, 3.8) is 0 Å². The predicted octanol–water partition coefficient (Wildman–Crippen LogP) is 1.45. The van der Waals surface area contributed by atoms with Crippen molar-refractivity contribution in [3.05, 3.63) is 0 Å². The number of hydrogen-bond donors (Lipinski definition) is 0. The summed E-state index contributed by atoms with van der Waals surface area (Å²) in [6.07, 6.45) is 2.97. The molecule has 0 N–H and O–H groups in total. The van der Waals surface area contributed by atoms with Crippen LogP contribution in [0.3, 0.4) is 0 Å². The van der Waals surface area contributed by atoms with Crippen LogP contribution >= 0.6 is 0 Å². The molecule has 12 heavy (non-hydrogen) atoms. The first-order valence-corrected chi connectivity index (χ1v) is 12.8. The van der Waals surface area contributed by atoms with Gasteiger partial charge in [0, 0.05) is 0 Å². The van der Waals surface area contributed by atoms with E-state index in [4.69, 9.17) is 0 Å². The summed E-state index contributed by atoms with van der Waals surface area (Å²) in [5.74, 6) is 0. The van der Waals surface area contributed by atoms with Crippen molar-refractivity contribution in [2.45, 2.75) is 39.2 Å². The minimum absolute atomic E-state index is 0.437. The van der Waals surface area contributed by atoms with Gasteiger partial charge >= 0.3 is 149 Å². The number of hydrogen-bond acceptors (Lipinski definition) is 1. The van der Waals surface area contributed by atoms with Crippen molar-refractivity contribution >= 4 is 55.5 Å². The van der Waals surface area contributed by atoms with Gasteiger partial charge in [0.05, 0.1) is 0 Å². The molecular weight excluding hydrogens is 434 g/mol. The molecule has 1 nitrogen and oxygen atoms in total. The quantitative estimate of drug-likeness (QED) is 0.583. The van der Waals surface area contributed by atoms with E-state index in [0.717, 1.165) is 104 Å². The van der Waals surface area contributed by atoms with E-state index in [-0.39, 0.29) is 0 Å². The van der Waals surface area contributed by atoms with Gasteiger partial charge < -0.3 is 0 Å². The molecule has 0 radical (unpaired) electrons. The summed E-state index contributed by atoms with van der Waals surface area (Å²) in [5, 5.41) is 0. The van der Waals surface area contributed by atoms with E-state index in [2.05, 4.69) is 25.7 Å². The summed E-state index contributed by atoms with van der Waals surface area (Å²) >= 11 is 1.71. The van der Waals surface area contributed by atoms with Crippen LogP contribution in [0.25, 0.3) is 0 Å². The first kappa shape index (κ1) is 13.3. The van der Waals surface area contributed by atoms with Gasteiger partial charge in [0.25, 0.3) is 0 Å². The number of nitrogens with zero attached hydrogens (tertiary/aromatic N) is 1. The molecule has 1 aliphatic rings. The minimum atomic E-state index is 0.437. The molecule has 0 amide bonds. The summed E-state index contributed by atoms with van der Waals surface area (Å²) in [5.41, 5.74) is 0.437. The number of rotatable bonds is 1. The zero-order valence-electron chi connectivity index (χ0n) is 9.22. The Morgan fingerprint density at radius 3 is 2.42 bits per heavy atom. The second kappa shape index (κ2) is 5.53. The average Bonchev–Trinajstić information content (AvgIpc) is 2.30. The molecule has 1 aliphatic heterocycles. The molecule has 1 heterocycles. The van der Waals surface area contributed by atoms with Crippen LogP contribution in [-0.2, 0) is 0 Å². The van der Waals surface area contributed by atoms with Crippen LogP contribution in [0.5, 0.6) is 0 Å². The van der Waals surface area contributed by atoms with E-state index < -0.39 is 0 Å². The molecule has 0 aliphatic carbocycles. The van der Waals surface area contributed by atoms with Gasteiger partial charge in [-0.15, -0.1) is 0 Å². The Bertz CT molecular complexity index is 153. The fourth-order valence-corrected chi connectivity index (χ4v) is 6.87. The van der Waals surface area contributed by atoms with Crippen LogP contribution in [0.4, 0.5) is 0 Å².